The molecule has 0 saturated carbocycles. The average Bonchev–Trinajstić information content (AvgIpc) is 3.06. The van der Waals surface area contributed by atoms with Gasteiger partial charge in [0, 0.05) is 28.7 Å². The number of pyridine rings is 1. The van der Waals surface area contributed by atoms with Crippen molar-refractivity contribution in [2.45, 2.75) is 12.1 Å². The van der Waals surface area contributed by atoms with Gasteiger partial charge >= 0.3 is 0 Å². The first-order chi connectivity index (χ1) is 11.6. The topological polar surface area (TPSA) is 80.9 Å². The largest absolute Gasteiger partial charge is 0.327 e. The lowest BCUT2D eigenvalue weighted by atomic mass is 10.2. The summed E-state index contributed by atoms with van der Waals surface area (Å²) >= 11 is 7.11. The van der Waals surface area contributed by atoms with Crippen LogP contribution < -0.4 is 5.32 Å². The van der Waals surface area contributed by atoms with Gasteiger partial charge in [-0.25, -0.2) is 0 Å². The summed E-state index contributed by atoms with van der Waals surface area (Å²) in [4.78, 5) is 20.3. The molecule has 0 aliphatic carbocycles. The Morgan fingerprint density at radius 2 is 2.25 bits per heavy atom. The van der Waals surface area contributed by atoms with Crippen LogP contribution in [0.15, 0.2) is 52.5 Å². The average molecular weight is 361 g/mol. The van der Waals surface area contributed by atoms with Gasteiger partial charge in [0.15, 0.2) is 0 Å². The molecule has 0 aliphatic heterocycles. The number of halogens is 1. The van der Waals surface area contributed by atoms with Gasteiger partial charge < -0.3 is 9.84 Å². The van der Waals surface area contributed by atoms with E-state index in [9.17, 15) is 4.79 Å². The van der Waals surface area contributed by atoms with E-state index in [-0.39, 0.29) is 11.7 Å². The third-order valence-electron chi connectivity index (χ3n) is 3.13. The molecule has 0 fully saturated rings. The lowest BCUT2D eigenvalue weighted by Gasteiger charge is -2.07. The lowest BCUT2D eigenvalue weighted by molar-refractivity contribution is -0.113. The third kappa shape index (κ3) is 4.12. The Morgan fingerprint density at radius 1 is 1.38 bits per heavy atom. The first-order valence-corrected chi connectivity index (χ1v) is 8.41. The Kier molecular flexibility index (Phi) is 5.12. The smallest absolute Gasteiger partial charge is 0.286 e. The monoisotopic (exact) mass is 360 g/mol. The number of amides is 1. The number of aryl methyl sites for hydroxylation is 1. The molecule has 1 amide bonds. The summed E-state index contributed by atoms with van der Waals surface area (Å²) in [6.07, 6.45) is 3.31. The van der Waals surface area contributed by atoms with Crippen LogP contribution in [0.5, 0.6) is 0 Å². The number of carbonyl (C=O) groups excluding carboxylic acids is 1. The number of nitrogens with one attached hydrogen (secondary N) is 1. The van der Waals surface area contributed by atoms with Crippen LogP contribution >= 0.6 is 23.4 Å². The second-order valence-corrected chi connectivity index (χ2v) is 6.28. The van der Waals surface area contributed by atoms with E-state index in [4.69, 9.17) is 16.1 Å². The number of nitrogens with zero attached hydrogens (tertiary/aromatic N) is 3. The minimum Gasteiger partial charge on any atom is -0.327 e. The molecule has 2 aromatic heterocycles. The summed E-state index contributed by atoms with van der Waals surface area (Å²) in [5.41, 5.74) is 2.39. The summed E-state index contributed by atoms with van der Waals surface area (Å²) in [6.45, 7) is 1.90. The summed E-state index contributed by atoms with van der Waals surface area (Å²) in [5.74, 6) is 0.420. The third-order valence-corrected chi connectivity index (χ3v) is 4.18. The fourth-order valence-electron chi connectivity index (χ4n) is 1.92. The second-order valence-electron chi connectivity index (χ2n) is 4.92. The molecule has 0 aliphatic rings. The van der Waals surface area contributed by atoms with Gasteiger partial charge in [0.25, 0.3) is 5.22 Å². The van der Waals surface area contributed by atoms with Crippen molar-refractivity contribution in [2.75, 3.05) is 11.1 Å². The summed E-state index contributed by atoms with van der Waals surface area (Å²) < 4.78 is 5.14. The van der Waals surface area contributed by atoms with Crippen LogP contribution in [0.3, 0.4) is 0 Å². The van der Waals surface area contributed by atoms with Crippen molar-refractivity contribution in [1.29, 1.82) is 0 Å². The fraction of sp³-hybridized carbons (Fsp3) is 0.125. The molecular formula is C16H13ClN4O2S. The summed E-state index contributed by atoms with van der Waals surface area (Å²) in [5, 5.41) is 7.59. The highest BCUT2D eigenvalue weighted by Crippen LogP contribution is 2.23. The number of rotatable bonds is 5. The Labute approximate surface area is 147 Å². The molecule has 8 heteroatoms. The van der Waals surface area contributed by atoms with Gasteiger partial charge in [-0.05, 0) is 36.8 Å². The Balaban J connectivity index is 1.59. The molecule has 1 aromatic carbocycles. The number of anilines is 1. The van der Waals surface area contributed by atoms with Gasteiger partial charge in [0.2, 0.25) is 11.7 Å². The molecule has 122 valence electrons. The molecule has 0 radical (unpaired) electrons. The number of thioether (sulfide) groups is 1. The van der Waals surface area contributed by atoms with Gasteiger partial charge in [-0.2, -0.15) is 4.98 Å². The standard InChI is InChI=1S/C16H13ClN4O2S/c1-10-4-5-12(17)7-13(10)19-14(22)9-24-16-20-15(21-23-16)11-3-2-6-18-8-11/h2-8H,9H2,1H3,(H,19,22). The molecule has 6 nitrogen and oxygen atoms in total. The number of aromatic nitrogens is 3. The lowest BCUT2D eigenvalue weighted by Crippen LogP contribution is -2.14. The predicted molar refractivity (Wildman–Crippen MR) is 93.1 cm³/mol. The highest BCUT2D eigenvalue weighted by molar-refractivity contribution is 7.99. The SMILES string of the molecule is Cc1ccc(Cl)cc1NC(=O)CSc1nc(-c2cccnc2)no1. The minimum absolute atomic E-state index is 0.153. The molecule has 1 N–H and O–H groups in total. The zero-order valence-corrected chi connectivity index (χ0v) is 14.3. The molecule has 0 unspecified atom stereocenters. The number of hydrogen-bond donors (Lipinski definition) is 1. The van der Waals surface area contributed by atoms with Gasteiger partial charge in [0.1, 0.15) is 0 Å². The van der Waals surface area contributed by atoms with E-state index in [1.165, 1.54) is 11.8 Å². The molecule has 24 heavy (non-hydrogen) atoms. The summed E-state index contributed by atoms with van der Waals surface area (Å²) in [7, 11) is 0. The predicted octanol–water partition coefficient (Wildman–Crippen LogP) is 3.82. The van der Waals surface area contributed by atoms with Crippen molar-refractivity contribution in [3.8, 4) is 11.4 Å². The van der Waals surface area contributed by atoms with E-state index in [0.29, 0.717) is 21.8 Å². The van der Waals surface area contributed by atoms with Crippen LogP contribution in [0.25, 0.3) is 11.4 Å². The zero-order valence-electron chi connectivity index (χ0n) is 12.7. The molecule has 3 aromatic rings. The van der Waals surface area contributed by atoms with Crippen molar-refractivity contribution in [3.05, 3.63) is 53.3 Å². The Hall–Kier alpha value is -2.38. The maximum atomic E-state index is 12.1. The van der Waals surface area contributed by atoms with E-state index < -0.39 is 0 Å². The van der Waals surface area contributed by atoms with Crippen LogP contribution in [0.2, 0.25) is 5.02 Å². The maximum Gasteiger partial charge on any atom is 0.286 e. The normalized spacial score (nSPS) is 10.6. The van der Waals surface area contributed by atoms with Crippen LogP contribution in [0.4, 0.5) is 5.69 Å². The van der Waals surface area contributed by atoms with E-state index >= 15 is 0 Å². The first-order valence-electron chi connectivity index (χ1n) is 7.05. The Bertz CT molecular complexity index is 854. The van der Waals surface area contributed by atoms with Crippen molar-refractivity contribution in [1.82, 2.24) is 15.1 Å². The zero-order chi connectivity index (χ0) is 16.9. The van der Waals surface area contributed by atoms with Gasteiger partial charge in [-0.15, -0.1) is 0 Å². The molecular weight excluding hydrogens is 348 g/mol. The number of carbonyl (C=O) groups is 1. The van der Waals surface area contributed by atoms with Gasteiger partial charge in [-0.1, -0.05) is 34.6 Å². The second kappa shape index (κ2) is 7.46. The van der Waals surface area contributed by atoms with Crippen LogP contribution in [-0.2, 0) is 4.79 Å². The van der Waals surface area contributed by atoms with E-state index in [0.717, 1.165) is 11.1 Å². The Morgan fingerprint density at radius 3 is 3.04 bits per heavy atom. The van der Waals surface area contributed by atoms with Crippen molar-refractivity contribution < 1.29 is 9.32 Å². The fourth-order valence-corrected chi connectivity index (χ4v) is 2.66. The maximum absolute atomic E-state index is 12.1. The minimum atomic E-state index is -0.175. The van der Waals surface area contributed by atoms with Crippen molar-refractivity contribution in [3.63, 3.8) is 0 Å². The van der Waals surface area contributed by atoms with E-state index in [2.05, 4.69) is 20.4 Å². The molecule has 0 atom stereocenters. The van der Waals surface area contributed by atoms with E-state index in [1.807, 2.05) is 19.1 Å². The molecule has 2 heterocycles. The van der Waals surface area contributed by atoms with Crippen LogP contribution in [0.1, 0.15) is 5.56 Å². The number of hydrogen-bond acceptors (Lipinski definition) is 6. The molecule has 0 spiro atoms. The highest BCUT2D eigenvalue weighted by atomic mass is 35.5. The van der Waals surface area contributed by atoms with E-state index in [1.54, 1.807) is 30.6 Å². The van der Waals surface area contributed by atoms with Crippen molar-refractivity contribution >= 4 is 35.0 Å². The highest BCUT2D eigenvalue weighted by Gasteiger charge is 2.12. The van der Waals surface area contributed by atoms with Gasteiger partial charge in [0.05, 0.1) is 5.75 Å². The van der Waals surface area contributed by atoms with Gasteiger partial charge in [-0.3, -0.25) is 9.78 Å². The van der Waals surface area contributed by atoms with Crippen molar-refractivity contribution in [2.24, 2.45) is 0 Å². The molecule has 0 saturated heterocycles. The molecule has 0 bridgehead atoms. The quantitative estimate of drug-likeness (QED) is 0.696. The van der Waals surface area contributed by atoms with Crippen LogP contribution in [0, 0.1) is 6.92 Å². The summed E-state index contributed by atoms with van der Waals surface area (Å²) in [6, 6.07) is 8.97. The molecule has 3 rings (SSSR count). The van der Waals surface area contributed by atoms with Crippen LogP contribution in [-0.4, -0.2) is 26.8 Å². The number of benzene rings is 1. The first kappa shape index (κ1) is 16.5.